The van der Waals surface area contributed by atoms with E-state index in [0.29, 0.717) is 4.68 Å². The zero-order valence-corrected chi connectivity index (χ0v) is 17.0. The predicted octanol–water partition coefficient (Wildman–Crippen LogP) is 4.98. The summed E-state index contributed by atoms with van der Waals surface area (Å²) in [6, 6.07) is -0.721. The third kappa shape index (κ3) is 6.03. The highest BCUT2D eigenvalue weighted by Gasteiger charge is 2.66. The van der Waals surface area contributed by atoms with Crippen molar-refractivity contribution < 1.29 is 42.2 Å². The van der Waals surface area contributed by atoms with Gasteiger partial charge in [0.05, 0.1) is 5.56 Å². The predicted molar refractivity (Wildman–Crippen MR) is 98.1 cm³/mol. The molecule has 2 amide bonds. The molecule has 16 heteroatoms. The molecule has 178 valence electrons. The van der Waals surface area contributed by atoms with Crippen LogP contribution in [0.15, 0.2) is 35.5 Å². The Labute approximate surface area is 175 Å². The summed E-state index contributed by atoms with van der Waals surface area (Å²) in [7, 11) is -10.5. The first-order chi connectivity index (χ1) is 14.2. The fraction of sp³-hybridized carbons (Fsp3) is 0.250. The first-order valence-electron chi connectivity index (χ1n) is 8.38. The van der Waals surface area contributed by atoms with Crippen LogP contribution in [0.25, 0.3) is 17.6 Å². The molecule has 2 aromatic rings. The van der Waals surface area contributed by atoms with Gasteiger partial charge in [-0.2, -0.15) is 13.2 Å². The summed E-state index contributed by atoms with van der Waals surface area (Å²) in [4.78, 5) is 24.2. The number of nitrogens with zero attached hydrogens (tertiary/aromatic N) is 4. The lowest BCUT2D eigenvalue weighted by atomic mass is 10.1. The highest BCUT2D eigenvalue weighted by molar-refractivity contribution is 8.45. The van der Waals surface area contributed by atoms with Crippen LogP contribution in [0.4, 0.5) is 32.6 Å². The fourth-order valence-corrected chi connectivity index (χ4v) is 2.90. The van der Waals surface area contributed by atoms with E-state index in [1.54, 1.807) is 0 Å². The van der Waals surface area contributed by atoms with Crippen LogP contribution in [0.2, 0.25) is 0 Å². The number of halogens is 8. The number of carbonyl (C=O) groups excluding carboxylic acids is 2. The molecule has 0 aliphatic carbocycles. The first kappa shape index (κ1) is 25.3. The minimum atomic E-state index is -10.5. The zero-order chi connectivity index (χ0) is 24.8. The highest BCUT2D eigenvalue weighted by atomic mass is 32.5. The first-order valence-corrected chi connectivity index (χ1v) is 10.3. The summed E-state index contributed by atoms with van der Waals surface area (Å²) in [6.07, 6.45) is -3.00. The van der Waals surface area contributed by atoms with E-state index < -0.39 is 62.0 Å². The Kier molecular flexibility index (Phi) is 5.73. The number of benzene rings is 1. The molecule has 0 bridgehead atoms. The van der Waals surface area contributed by atoms with Gasteiger partial charge in [-0.15, -0.1) is 5.10 Å². The van der Waals surface area contributed by atoms with Gasteiger partial charge in [0.25, 0.3) is 5.91 Å². The third-order valence-electron chi connectivity index (χ3n) is 3.78. The van der Waals surface area contributed by atoms with Gasteiger partial charge in [-0.25, -0.2) is 20.5 Å². The van der Waals surface area contributed by atoms with Crippen molar-refractivity contribution in [2.24, 2.45) is 11.8 Å². The van der Waals surface area contributed by atoms with E-state index in [0.717, 1.165) is 18.6 Å². The number of aromatic nitrogens is 3. The number of carbonyl (C=O) groups is 2. The van der Waals surface area contributed by atoms with Crippen LogP contribution in [0.5, 0.6) is 0 Å². The smallest absolute Gasteiger partial charge is 0.273 e. The van der Waals surface area contributed by atoms with Crippen LogP contribution >= 0.6 is 10.2 Å². The lowest BCUT2D eigenvalue weighted by Gasteiger charge is -2.40. The molecule has 2 N–H and O–H groups in total. The molecule has 0 unspecified atom stereocenters. The van der Waals surface area contributed by atoms with Gasteiger partial charge >= 0.3 is 16.4 Å². The maximum atomic E-state index is 13.1. The Morgan fingerprint density at radius 1 is 1.12 bits per heavy atom. The summed E-state index contributed by atoms with van der Waals surface area (Å²) < 4.78 is 105. The monoisotopic (exact) mass is 493 g/mol. The number of hydrazine groups is 1. The van der Waals surface area contributed by atoms with E-state index in [1.807, 2.05) is 0 Å². The van der Waals surface area contributed by atoms with Crippen LogP contribution in [-0.4, -0.2) is 31.6 Å². The van der Waals surface area contributed by atoms with Crippen molar-refractivity contribution in [3.05, 3.63) is 36.2 Å². The van der Waals surface area contributed by atoms with Crippen LogP contribution < -0.4 is 5.84 Å². The standard InChI is InChI=1S/C16H15F8N5O2S/c1-9(2)15(31)29(25)13(30)3-4-28-8-26-14(27-28)10-5-11(16(17,18)19)7-12(6-10)32(20,21,22,23)24/h3-9H,25H2,1-2H3. The second-order valence-corrected chi connectivity index (χ2v) is 9.19. The number of alkyl halides is 3. The molecule has 1 aromatic heterocycles. The Morgan fingerprint density at radius 2 is 1.72 bits per heavy atom. The molecular weight excluding hydrogens is 478 g/mol. The van der Waals surface area contributed by atoms with Crippen LogP contribution in [0.1, 0.15) is 19.4 Å². The minimum absolute atomic E-state index is 0.171. The van der Waals surface area contributed by atoms with Crippen molar-refractivity contribution in [2.75, 3.05) is 0 Å². The topological polar surface area (TPSA) is 94.1 Å². The molecule has 7 nitrogen and oxygen atoms in total. The van der Waals surface area contributed by atoms with Gasteiger partial charge < -0.3 is 0 Å². The van der Waals surface area contributed by atoms with E-state index in [9.17, 15) is 42.2 Å². The molecule has 1 heterocycles. The van der Waals surface area contributed by atoms with Crippen LogP contribution in [0.3, 0.4) is 0 Å². The van der Waals surface area contributed by atoms with Crippen LogP contribution in [-0.2, 0) is 15.8 Å². The Morgan fingerprint density at radius 3 is 2.22 bits per heavy atom. The summed E-state index contributed by atoms with van der Waals surface area (Å²) in [5, 5.41) is 3.82. The second kappa shape index (κ2) is 7.26. The van der Waals surface area contributed by atoms with Gasteiger partial charge in [0.1, 0.15) is 11.2 Å². The number of amides is 2. The van der Waals surface area contributed by atoms with Crippen LogP contribution in [0, 0.1) is 5.92 Å². The molecule has 0 saturated carbocycles. The average Bonchev–Trinajstić information content (AvgIpc) is 3.11. The molecule has 2 rings (SSSR count). The third-order valence-corrected chi connectivity index (χ3v) is 4.91. The van der Waals surface area contributed by atoms with Crippen molar-refractivity contribution in [2.45, 2.75) is 24.9 Å². The van der Waals surface area contributed by atoms with Crippen molar-refractivity contribution >= 4 is 28.2 Å². The van der Waals surface area contributed by atoms with Crippen molar-refractivity contribution in [1.82, 2.24) is 19.8 Å². The molecule has 0 aliphatic rings. The lowest BCUT2D eigenvalue weighted by Crippen LogP contribution is -2.43. The average molecular weight is 493 g/mol. The molecule has 32 heavy (non-hydrogen) atoms. The fourth-order valence-electron chi connectivity index (χ4n) is 2.20. The summed E-state index contributed by atoms with van der Waals surface area (Å²) in [5.74, 6) is 2.20. The maximum Gasteiger partial charge on any atom is 0.416 e. The molecule has 0 radical (unpaired) electrons. The number of nitrogens with two attached hydrogens (primary N) is 1. The summed E-state index contributed by atoms with van der Waals surface area (Å²) >= 11 is 0. The quantitative estimate of drug-likeness (QED) is 0.209. The van der Waals surface area contributed by atoms with Gasteiger partial charge in [-0.05, 0) is 18.2 Å². The highest BCUT2D eigenvalue weighted by Crippen LogP contribution is 3.02. The SMILES string of the molecule is CC(C)C(=O)N(N)C(=O)C=Cn1cnc(-c2cc(C(F)(F)F)cc(S(F)(F)(F)(F)F)c2)n1. The normalized spacial score (nSPS) is 15.0. The zero-order valence-electron chi connectivity index (χ0n) is 16.2. The molecule has 0 atom stereocenters. The van der Waals surface area contributed by atoms with Gasteiger partial charge in [0.2, 0.25) is 5.91 Å². The van der Waals surface area contributed by atoms with E-state index in [1.165, 1.54) is 13.8 Å². The van der Waals surface area contributed by atoms with Gasteiger partial charge in [-0.3, -0.25) is 9.59 Å². The van der Waals surface area contributed by atoms with E-state index >= 15 is 0 Å². The Bertz CT molecular complexity index is 1090. The molecule has 0 fully saturated rings. The largest absolute Gasteiger partial charge is 0.416 e. The summed E-state index contributed by atoms with van der Waals surface area (Å²) in [5.41, 5.74) is -2.97. The van der Waals surface area contributed by atoms with Crippen molar-refractivity contribution in [1.29, 1.82) is 0 Å². The van der Waals surface area contributed by atoms with Crippen molar-refractivity contribution in [3.8, 4) is 11.4 Å². The molecule has 0 aliphatic heterocycles. The van der Waals surface area contributed by atoms with Gasteiger partial charge in [0, 0.05) is 23.8 Å². The minimum Gasteiger partial charge on any atom is -0.273 e. The Hall–Kier alpha value is -3.01. The number of imide groups is 1. The maximum absolute atomic E-state index is 13.1. The Balaban J connectivity index is 2.45. The van der Waals surface area contributed by atoms with Gasteiger partial charge in [0.15, 0.2) is 5.82 Å². The second-order valence-electron chi connectivity index (χ2n) is 6.78. The number of hydrogen-bond donors (Lipinski definition) is 1. The number of hydrogen-bond acceptors (Lipinski definition) is 5. The molecule has 0 saturated heterocycles. The van der Waals surface area contributed by atoms with Gasteiger partial charge in [-0.1, -0.05) is 33.3 Å². The van der Waals surface area contributed by atoms with E-state index in [2.05, 4.69) is 10.1 Å². The number of rotatable bonds is 5. The molecule has 1 aromatic carbocycles. The lowest BCUT2D eigenvalue weighted by molar-refractivity contribution is -0.144. The van der Waals surface area contributed by atoms with Crippen molar-refractivity contribution in [3.63, 3.8) is 0 Å². The van der Waals surface area contributed by atoms with E-state index in [4.69, 9.17) is 5.84 Å². The molecular formula is C16H15F8N5O2S. The molecule has 0 spiro atoms. The van der Waals surface area contributed by atoms with E-state index in [-0.39, 0.29) is 17.1 Å². The summed E-state index contributed by atoms with van der Waals surface area (Å²) in [6.45, 7) is 2.94.